The van der Waals surface area contributed by atoms with Gasteiger partial charge in [0, 0.05) is 5.92 Å². The first-order chi connectivity index (χ1) is 7.16. The number of nitrogens with zero attached hydrogens (tertiary/aromatic N) is 2. The zero-order valence-electron chi connectivity index (χ0n) is 8.14. The Kier molecular flexibility index (Phi) is 2.04. The molecule has 1 saturated carbocycles. The van der Waals surface area contributed by atoms with Crippen molar-refractivity contribution in [3.63, 3.8) is 0 Å². The third kappa shape index (κ3) is 1.47. The topological polar surface area (TPSA) is 41.6 Å². The van der Waals surface area contributed by atoms with Gasteiger partial charge in [0.2, 0.25) is 0 Å². The maximum absolute atomic E-state index is 6.03. The summed E-state index contributed by atoms with van der Waals surface area (Å²) in [6.07, 6.45) is 2.45. The molecule has 2 aromatic rings. The summed E-state index contributed by atoms with van der Waals surface area (Å²) in [5, 5.41) is 1.65. The van der Waals surface area contributed by atoms with Gasteiger partial charge in [-0.3, -0.25) is 0 Å². The number of fused-ring (bicyclic) bond motifs is 1. The zero-order chi connectivity index (χ0) is 10.6. The number of aryl methyl sites for hydroxylation is 1. The van der Waals surface area contributed by atoms with Crippen LogP contribution in [-0.2, 0) is 0 Å². The van der Waals surface area contributed by atoms with Crippen LogP contribution in [0.25, 0.3) is 11.0 Å². The Morgan fingerprint density at radius 3 is 2.80 bits per heavy atom. The van der Waals surface area contributed by atoms with E-state index in [1.165, 1.54) is 12.8 Å². The Morgan fingerprint density at radius 2 is 2.13 bits per heavy atom. The van der Waals surface area contributed by atoms with E-state index in [2.05, 4.69) is 30.9 Å². The van der Waals surface area contributed by atoms with Gasteiger partial charge in [0.05, 0.1) is 15.6 Å². The van der Waals surface area contributed by atoms with E-state index in [9.17, 15) is 0 Å². The maximum Gasteiger partial charge on any atom is 0.143 e. The molecule has 0 radical (unpaired) electrons. The largest absolute Gasteiger partial charge is 0.329 e. The maximum atomic E-state index is 6.03. The quantitative estimate of drug-likeness (QED) is 0.871. The normalized spacial score (nSPS) is 16.2. The van der Waals surface area contributed by atoms with Gasteiger partial charge in [-0.2, -0.15) is 0 Å². The Labute approximate surface area is 100 Å². The number of hydrogen-bond acceptors (Lipinski definition) is 2. The van der Waals surface area contributed by atoms with E-state index in [0.717, 1.165) is 27.0 Å². The summed E-state index contributed by atoms with van der Waals surface area (Å²) >= 11 is 9.51. The van der Waals surface area contributed by atoms with Gasteiger partial charge >= 0.3 is 0 Å². The summed E-state index contributed by atoms with van der Waals surface area (Å²) in [5.41, 5.74) is 1.97. The Bertz CT molecular complexity index is 545. The predicted molar refractivity (Wildman–Crippen MR) is 63.3 cm³/mol. The first kappa shape index (κ1) is 9.60. The summed E-state index contributed by atoms with van der Waals surface area (Å²) in [4.78, 5) is 11.9. The third-order valence-electron chi connectivity index (χ3n) is 2.65. The second-order valence-electron chi connectivity index (χ2n) is 3.91. The van der Waals surface area contributed by atoms with Gasteiger partial charge in [0.15, 0.2) is 0 Å². The summed E-state index contributed by atoms with van der Waals surface area (Å²) in [6, 6.07) is 0. The van der Waals surface area contributed by atoms with Crippen LogP contribution in [0.2, 0.25) is 5.15 Å². The first-order valence-electron chi connectivity index (χ1n) is 4.88. The number of H-pyrrole nitrogens is 1. The highest BCUT2D eigenvalue weighted by Crippen LogP contribution is 2.44. The number of aromatic nitrogens is 3. The van der Waals surface area contributed by atoms with Gasteiger partial charge in [0.1, 0.15) is 16.6 Å². The number of halogens is 2. The monoisotopic (exact) mass is 285 g/mol. The number of aromatic amines is 1. The van der Waals surface area contributed by atoms with Crippen LogP contribution in [0.4, 0.5) is 0 Å². The molecule has 0 aliphatic heterocycles. The van der Waals surface area contributed by atoms with E-state index in [0.29, 0.717) is 11.1 Å². The average Bonchev–Trinajstić information content (AvgIpc) is 2.95. The molecule has 0 unspecified atom stereocenters. The first-order valence-corrected chi connectivity index (χ1v) is 6.05. The lowest BCUT2D eigenvalue weighted by Crippen LogP contribution is -1.95. The lowest BCUT2D eigenvalue weighted by atomic mass is 10.2. The lowest BCUT2D eigenvalue weighted by molar-refractivity contribution is 0.969. The summed E-state index contributed by atoms with van der Waals surface area (Å²) in [5.74, 6) is 1.40. The zero-order valence-corrected chi connectivity index (χ0v) is 10.5. The van der Waals surface area contributed by atoms with Crippen molar-refractivity contribution in [2.45, 2.75) is 25.7 Å². The molecule has 15 heavy (non-hydrogen) atoms. The van der Waals surface area contributed by atoms with Crippen LogP contribution in [0.1, 0.15) is 30.3 Å². The molecule has 3 rings (SSSR count). The highest BCUT2D eigenvalue weighted by Gasteiger charge is 2.29. The van der Waals surface area contributed by atoms with E-state index in [-0.39, 0.29) is 0 Å². The minimum atomic E-state index is 0.595. The van der Waals surface area contributed by atoms with Crippen molar-refractivity contribution in [2.24, 2.45) is 0 Å². The molecule has 1 aliphatic carbocycles. The van der Waals surface area contributed by atoms with Crippen molar-refractivity contribution in [3.8, 4) is 0 Å². The van der Waals surface area contributed by atoms with E-state index in [1.807, 2.05) is 6.92 Å². The van der Waals surface area contributed by atoms with Gasteiger partial charge in [-0.05, 0) is 35.7 Å². The molecule has 1 N–H and O–H groups in total. The fraction of sp³-hybridized carbons (Fsp3) is 0.400. The fourth-order valence-electron chi connectivity index (χ4n) is 1.82. The summed E-state index contributed by atoms with van der Waals surface area (Å²) in [7, 11) is 0. The molecule has 3 nitrogen and oxygen atoms in total. The minimum Gasteiger partial charge on any atom is -0.329 e. The molecule has 0 atom stereocenters. The van der Waals surface area contributed by atoms with Crippen molar-refractivity contribution >= 4 is 38.6 Å². The number of nitrogens with one attached hydrogen (secondary N) is 1. The SMILES string of the molecule is Cc1nc(C2CC2)c2c(Br)c(Cl)[nH]c2n1. The molecular formula is C10H9BrClN3. The Hall–Kier alpha value is -0.610. The van der Waals surface area contributed by atoms with Crippen molar-refractivity contribution in [3.05, 3.63) is 21.1 Å². The molecule has 1 fully saturated rings. The second kappa shape index (κ2) is 3.19. The molecule has 2 aromatic heterocycles. The van der Waals surface area contributed by atoms with Crippen LogP contribution < -0.4 is 0 Å². The van der Waals surface area contributed by atoms with E-state index >= 15 is 0 Å². The van der Waals surface area contributed by atoms with Gasteiger partial charge in [0.25, 0.3) is 0 Å². The van der Waals surface area contributed by atoms with Crippen LogP contribution >= 0.6 is 27.5 Å². The Morgan fingerprint density at radius 1 is 1.40 bits per heavy atom. The molecule has 0 spiro atoms. The minimum absolute atomic E-state index is 0.595. The molecule has 1 aliphatic rings. The van der Waals surface area contributed by atoms with E-state index in [1.54, 1.807) is 0 Å². The van der Waals surface area contributed by atoms with Crippen LogP contribution in [0.5, 0.6) is 0 Å². The fourth-order valence-corrected chi connectivity index (χ4v) is 2.50. The molecule has 0 saturated heterocycles. The Balaban J connectivity index is 2.39. The molecule has 0 bridgehead atoms. The molecular weight excluding hydrogens is 277 g/mol. The number of rotatable bonds is 1. The third-order valence-corrected chi connectivity index (χ3v) is 3.96. The lowest BCUT2D eigenvalue weighted by Gasteiger charge is -2.01. The van der Waals surface area contributed by atoms with Gasteiger partial charge in [-0.1, -0.05) is 11.6 Å². The van der Waals surface area contributed by atoms with Crippen LogP contribution in [0, 0.1) is 6.92 Å². The van der Waals surface area contributed by atoms with E-state index < -0.39 is 0 Å². The number of hydrogen-bond donors (Lipinski definition) is 1. The van der Waals surface area contributed by atoms with E-state index in [4.69, 9.17) is 11.6 Å². The molecule has 78 valence electrons. The van der Waals surface area contributed by atoms with Crippen LogP contribution in [0.3, 0.4) is 0 Å². The van der Waals surface area contributed by atoms with Crippen LogP contribution in [-0.4, -0.2) is 15.0 Å². The van der Waals surface area contributed by atoms with Crippen molar-refractivity contribution < 1.29 is 0 Å². The second-order valence-corrected chi connectivity index (χ2v) is 5.08. The standard InChI is InChI=1S/C10H9BrClN3/c1-4-13-8(5-2-3-5)6-7(11)9(12)15-10(6)14-4/h5H,2-3H2,1H3,(H,13,14,15). The van der Waals surface area contributed by atoms with Gasteiger partial charge in [-0.15, -0.1) is 0 Å². The van der Waals surface area contributed by atoms with Crippen LogP contribution in [0.15, 0.2) is 4.47 Å². The smallest absolute Gasteiger partial charge is 0.143 e. The van der Waals surface area contributed by atoms with Crippen molar-refractivity contribution in [2.75, 3.05) is 0 Å². The predicted octanol–water partition coefficient (Wildman–Crippen LogP) is 3.56. The van der Waals surface area contributed by atoms with Crippen molar-refractivity contribution in [1.29, 1.82) is 0 Å². The summed E-state index contributed by atoms with van der Waals surface area (Å²) < 4.78 is 0.890. The van der Waals surface area contributed by atoms with Crippen molar-refractivity contribution in [1.82, 2.24) is 15.0 Å². The highest BCUT2D eigenvalue weighted by molar-refractivity contribution is 9.10. The molecule has 0 aromatic carbocycles. The van der Waals surface area contributed by atoms with Gasteiger partial charge in [-0.25, -0.2) is 9.97 Å². The summed E-state index contributed by atoms with van der Waals surface area (Å²) in [6.45, 7) is 1.91. The highest BCUT2D eigenvalue weighted by atomic mass is 79.9. The average molecular weight is 287 g/mol. The van der Waals surface area contributed by atoms with Gasteiger partial charge < -0.3 is 4.98 Å². The molecule has 2 heterocycles. The molecule has 0 amide bonds. The molecule has 5 heteroatoms.